The topological polar surface area (TPSA) is 3.24 Å². The lowest BCUT2D eigenvalue weighted by Crippen LogP contribution is -2.12. The van der Waals surface area contributed by atoms with Gasteiger partial charge in [0.25, 0.3) is 0 Å². The quantitative estimate of drug-likeness (QED) is 0.691. The summed E-state index contributed by atoms with van der Waals surface area (Å²) in [5.74, 6) is 0. The fourth-order valence-electron chi connectivity index (χ4n) is 2.91. The average Bonchev–Trinajstić information content (AvgIpc) is 2.46. The molecule has 0 atom stereocenters. The predicted molar refractivity (Wildman–Crippen MR) is 85.9 cm³/mol. The second kappa shape index (κ2) is 5.64. The third-order valence-corrected chi connectivity index (χ3v) is 3.92. The molecule has 2 aromatic rings. The van der Waals surface area contributed by atoms with Crippen molar-refractivity contribution in [2.45, 2.75) is 12.8 Å². The van der Waals surface area contributed by atoms with Gasteiger partial charge in [0.1, 0.15) is 0 Å². The van der Waals surface area contributed by atoms with E-state index in [0.29, 0.717) is 0 Å². The van der Waals surface area contributed by atoms with E-state index in [1.54, 1.807) is 0 Å². The fraction of sp³-hybridized carbons (Fsp3) is 0.263. The molecule has 1 heteroatoms. The van der Waals surface area contributed by atoms with Crippen molar-refractivity contribution in [1.29, 1.82) is 0 Å². The van der Waals surface area contributed by atoms with Gasteiger partial charge < -0.3 is 4.90 Å². The zero-order valence-corrected chi connectivity index (χ0v) is 12.3. The van der Waals surface area contributed by atoms with Crippen LogP contribution in [0.4, 0.5) is 0 Å². The first kappa shape index (κ1) is 13.1. The molecule has 0 saturated heterocycles. The molecule has 2 aromatic carbocycles. The molecule has 0 saturated carbocycles. The number of fused-ring (bicyclic) bond motifs is 2. The van der Waals surface area contributed by atoms with Gasteiger partial charge in [0, 0.05) is 6.54 Å². The summed E-state index contributed by atoms with van der Waals surface area (Å²) in [6.45, 7) is 1.09. The van der Waals surface area contributed by atoms with Gasteiger partial charge in [0.15, 0.2) is 0 Å². The Kier molecular flexibility index (Phi) is 3.70. The zero-order valence-electron chi connectivity index (χ0n) is 12.3. The maximum Gasteiger partial charge on any atom is 0.00101 e. The van der Waals surface area contributed by atoms with E-state index in [2.05, 4.69) is 73.6 Å². The molecule has 0 aliphatic heterocycles. The van der Waals surface area contributed by atoms with Crippen molar-refractivity contribution in [3.05, 3.63) is 76.9 Å². The molecule has 1 nitrogen and oxygen atoms in total. The van der Waals surface area contributed by atoms with Crippen LogP contribution in [0.1, 0.15) is 28.7 Å². The summed E-state index contributed by atoms with van der Waals surface area (Å²) in [4.78, 5) is 2.23. The van der Waals surface area contributed by atoms with Gasteiger partial charge in [-0.25, -0.2) is 0 Å². The summed E-state index contributed by atoms with van der Waals surface area (Å²) in [6, 6.07) is 17.6. The minimum atomic E-state index is 1.05. The first-order valence-electron chi connectivity index (χ1n) is 7.27. The zero-order chi connectivity index (χ0) is 13.9. The highest BCUT2D eigenvalue weighted by Gasteiger charge is 2.18. The lowest BCUT2D eigenvalue weighted by atomic mass is 9.82. The average molecular weight is 263 g/mol. The van der Waals surface area contributed by atoms with Crippen LogP contribution in [0.2, 0.25) is 0 Å². The molecule has 0 fully saturated rings. The highest BCUT2D eigenvalue weighted by molar-refractivity contribution is 5.85. The van der Waals surface area contributed by atoms with Crippen molar-refractivity contribution >= 4 is 5.57 Å². The van der Waals surface area contributed by atoms with E-state index < -0.39 is 0 Å². The smallest absolute Gasteiger partial charge is 0.00101 e. The number of hydrogen-bond donors (Lipinski definition) is 0. The van der Waals surface area contributed by atoms with Gasteiger partial charge in [-0.3, -0.25) is 0 Å². The molecule has 0 N–H and O–H groups in total. The normalized spacial score (nSPS) is 13.1. The van der Waals surface area contributed by atoms with Crippen molar-refractivity contribution in [2.24, 2.45) is 0 Å². The predicted octanol–water partition coefficient (Wildman–Crippen LogP) is 3.97. The Morgan fingerprint density at radius 1 is 0.900 bits per heavy atom. The van der Waals surface area contributed by atoms with E-state index in [0.717, 1.165) is 19.4 Å². The molecular formula is C19H21N. The van der Waals surface area contributed by atoms with Crippen molar-refractivity contribution in [3.8, 4) is 0 Å². The van der Waals surface area contributed by atoms with E-state index in [9.17, 15) is 0 Å². The minimum absolute atomic E-state index is 1.05. The summed E-state index contributed by atoms with van der Waals surface area (Å²) >= 11 is 0. The van der Waals surface area contributed by atoms with E-state index >= 15 is 0 Å². The van der Waals surface area contributed by atoms with Gasteiger partial charge in [-0.2, -0.15) is 0 Å². The monoisotopic (exact) mass is 263 g/mol. The number of hydrogen-bond acceptors (Lipinski definition) is 1. The summed E-state index contributed by atoms with van der Waals surface area (Å²) in [7, 11) is 4.25. The molecule has 102 valence electrons. The van der Waals surface area contributed by atoms with Crippen LogP contribution in [-0.4, -0.2) is 25.5 Å². The summed E-state index contributed by atoms with van der Waals surface area (Å²) in [6.07, 6.45) is 4.54. The third kappa shape index (κ3) is 2.54. The SMILES string of the molecule is CN(C)CCC=C1c2ccccc2Cc2ccccc21. The van der Waals surface area contributed by atoms with Crippen LogP contribution in [0.25, 0.3) is 5.57 Å². The van der Waals surface area contributed by atoms with E-state index in [1.165, 1.54) is 27.8 Å². The van der Waals surface area contributed by atoms with Gasteiger partial charge in [0.05, 0.1) is 0 Å². The van der Waals surface area contributed by atoms with Crippen molar-refractivity contribution < 1.29 is 0 Å². The van der Waals surface area contributed by atoms with Gasteiger partial charge in [-0.05, 0) is 54.8 Å². The molecule has 0 amide bonds. The molecule has 1 aliphatic carbocycles. The molecule has 20 heavy (non-hydrogen) atoms. The Morgan fingerprint density at radius 2 is 1.45 bits per heavy atom. The van der Waals surface area contributed by atoms with Gasteiger partial charge in [-0.1, -0.05) is 54.6 Å². The molecule has 0 aromatic heterocycles. The van der Waals surface area contributed by atoms with Gasteiger partial charge in [0.2, 0.25) is 0 Å². The van der Waals surface area contributed by atoms with E-state index in [1.807, 2.05) is 0 Å². The number of benzene rings is 2. The lowest BCUT2D eigenvalue weighted by Gasteiger charge is -2.23. The lowest BCUT2D eigenvalue weighted by molar-refractivity contribution is 0.417. The van der Waals surface area contributed by atoms with Crippen molar-refractivity contribution in [1.82, 2.24) is 4.90 Å². The van der Waals surface area contributed by atoms with Gasteiger partial charge in [-0.15, -0.1) is 0 Å². The van der Waals surface area contributed by atoms with Crippen LogP contribution in [0.15, 0.2) is 54.6 Å². The Bertz CT molecular complexity index is 590. The number of nitrogens with zero attached hydrogens (tertiary/aromatic N) is 1. The molecule has 0 heterocycles. The summed E-state index contributed by atoms with van der Waals surface area (Å²) in [5.41, 5.74) is 7.11. The van der Waals surface area contributed by atoms with Crippen LogP contribution in [-0.2, 0) is 6.42 Å². The van der Waals surface area contributed by atoms with E-state index in [-0.39, 0.29) is 0 Å². The second-order valence-corrected chi connectivity index (χ2v) is 5.70. The highest BCUT2D eigenvalue weighted by Crippen LogP contribution is 2.35. The summed E-state index contributed by atoms with van der Waals surface area (Å²) in [5, 5.41) is 0. The maximum absolute atomic E-state index is 2.40. The Labute approximate surface area is 121 Å². The van der Waals surface area contributed by atoms with Crippen LogP contribution in [0.5, 0.6) is 0 Å². The Hall–Kier alpha value is -1.86. The van der Waals surface area contributed by atoms with Crippen molar-refractivity contribution in [3.63, 3.8) is 0 Å². The van der Waals surface area contributed by atoms with Crippen LogP contribution in [0, 0.1) is 0 Å². The highest BCUT2D eigenvalue weighted by atomic mass is 15.0. The Balaban J connectivity index is 2.03. The van der Waals surface area contributed by atoms with Crippen LogP contribution in [0.3, 0.4) is 0 Å². The third-order valence-electron chi connectivity index (χ3n) is 3.92. The van der Waals surface area contributed by atoms with Crippen molar-refractivity contribution in [2.75, 3.05) is 20.6 Å². The molecule has 0 radical (unpaired) electrons. The minimum Gasteiger partial charge on any atom is -0.309 e. The standard InChI is InChI=1S/C19H21N/c1-20(2)13-7-12-19-17-10-5-3-8-15(17)14-16-9-4-6-11-18(16)19/h3-6,8-12H,7,13-14H2,1-2H3. The molecule has 0 spiro atoms. The number of rotatable bonds is 3. The Morgan fingerprint density at radius 3 is 2.00 bits per heavy atom. The van der Waals surface area contributed by atoms with Gasteiger partial charge >= 0.3 is 0 Å². The molecule has 0 unspecified atom stereocenters. The largest absolute Gasteiger partial charge is 0.309 e. The first-order valence-corrected chi connectivity index (χ1v) is 7.27. The van der Waals surface area contributed by atoms with E-state index in [4.69, 9.17) is 0 Å². The molecule has 0 bridgehead atoms. The second-order valence-electron chi connectivity index (χ2n) is 5.70. The fourth-order valence-corrected chi connectivity index (χ4v) is 2.91. The maximum atomic E-state index is 2.40. The van der Waals surface area contributed by atoms with Crippen LogP contribution < -0.4 is 0 Å². The summed E-state index contributed by atoms with van der Waals surface area (Å²) < 4.78 is 0. The molecule has 3 rings (SSSR count). The first-order chi connectivity index (χ1) is 9.75. The molecular weight excluding hydrogens is 242 g/mol. The van der Waals surface area contributed by atoms with Crippen LogP contribution >= 0.6 is 0 Å². The molecule has 1 aliphatic rings.